The summed E-state index contributed by atoms with van der Waals surface area (Å²) in [5, 5.41) is 4.72. The number of aromatic nitrogens is 2. The van der Waals surface area contributed by atoms with E-state index >= 15 is 0 Å². The van der Waals surface area contributed by atoms with Crippen molar-refractivity contribution in [3.8, 4) is 22.6 Å². The van der Waals surface area contributed by atoms with Crippen LogP contribution < -0.4 is 20.4 Å². The molecule has 68 heavy (non-hydrogen) atoms. The molecule has 0 bridgehead atoms. The van der Waals surface area contributed by atoms with Gasteiger partial charge in [-0.15, -0.1) is 0 Å². The van der Waals surface area contributed by atoms with Crippen LogP contribution in [0, 0.1) is 0 Å². The van der Waals surface area contributed by atoms with Crippen molar-refractivity contribution in [2.24, 2.45) is 0 Å². The number of fused-ring (bicyclic) bond motifs is 6. The smallest absolute Gasteiger partial charge is 0.494 e. The van der Waals surface area contributed by atoms with Crippen molar-refractivity contribution < 1.29 is 28.1 Å². The van der Waals surface area contributed by atoms with E-state index in [-0.39, 0.29) is 0 Å². The first-order valence-corrected chi connectivity index (χ1v) is 26.5. The molecule has 0 atom stereocenters. The number of benzene rings is 4. The van der Waals surface area contributed by atoms with E-state index < -0.39 is 36.6 Å². The van der Waals surface area contributed by atoms with E-state index in [1.165, 1.54) is 134 Å². The second-order valence-electron chi connectivity index (χ2n) is 22.1. The minimum Gasteiger partial charge on any atom is -0.496 e. The quantitative estimate of drug-likeness (QED) is 0.0471. The average molecular weight is 925 g/mol. The maximum Gasteiger partial charge on any atom is 0.494 e. The largest absolute Gasteiger partial charge is 0.496 e. The third-order valence-corrected chi connectivity index (χ3v) is 16.2. The SMILES string of the molecule is CCCCCCCCCCn1c2ccc(B3OC(C)(C)C(C)(C)O3)cc2c2cc(-c3cc4c5cc(B6OC(C)(C)C(C)(C)O6)ccc5n(CCCCCCCCCC)c4cc3OC)c(OC)cc21. The fourth-order valence-electron chi connectivity index (χ4n) is 10.6. The van der Waals surface area contributed by atoms with Gasteiger partial charge in [0.2, 0.25) is 0 Å². The van der Waals surface area contributed by atoms with Gasteiger partial charge in [-0.05, 0) is 103 Å². The molecule has 4 aromatic carbocycles. The number of ether oxygens (including phenoxy) is 2. The van der Waals surface area contributed by atoms with Gasteiger partial charge < -0.3 is 37.2 Å². The molecule has 8 nitrogen and oxygen atoms in total. The lowest BCUT2D eigenvalue weighted by atomic mass is 9.78. The van der Waals surface area contributed by atoms with Crippen LogP contribution in [0.5, 0.6) is 11.5 Å². The first kappa shape index (κ1) is 50.4. The first-order chi connectivity index (χ1) is 32.5. The molecule has 0 amide bonds. The Hall–Kier alpha value is -3.95. The van der Waals surface area contributed by atoms with Gasteiger partial charge in [-0.3, -0.25) is 0 Å². The van der Waals surface area contributed by atoms with Crippen LogP contribution in [0.15, 0.2) is 60.7 Å². The molecule has 6 aromatic rings. The zero-order chi connectivity index (χ0) is 48.4. The summed E-state index contributed by atoms with van der Waals surface area (Å²) in [6.07, 6.45) is 20.4. The van der Waals surface area contributed by atoms with Crippen molar-refractivity contribution in [3.05, 3.63) is 60.7 Å². The summed E-state index contributed by atoms with van der Waals surface area (Å²) in [5.41, 5.74) is 7.07. The van der Waals surface area contributed by atoms with Gasteiger partial charge >= 0.3 is 14.2 Å². The van der Waals surface area contributed by atoms with E-state index in [9.17, 15) is 0 Å². The molecule has 0 saturated carbocycles. The van der Waals surface area contributed by atoms with Crippen molar-refractivity contribution in [1.82, 2.24) is 9.13 Å². The van der Waals surface area contributed by atoms with Gasteiger partial charge in [-0.25, -0.2) is 0 Å². The zero-order valence-corrected chi connectivity index (χ0v) is 44.0. The Bertz CT molecular complexity index is 2480. The van der Waals surface area contributed by atoms with E-state index in [4.69, 9.17) is 28.1 Å². The summed E-state index contributed by atoms with van der Waals surface area (Å²) >= 11 is 0. The molecule has 0 unspecified atom stereocenters. The molecule has 0 spiro atoms. The zero-order valence-electron chi connectivity index (χ0n) is 44.0. The second kappa shape index (κ2) is 20.8. The molecule has 0 aliphatic carbocycles. The molecule has 2 aliphatic rings. The lowest BCUT2D eigenvalue weighted by Gasteiger charge is -2.32. The van der Waals surface area contributed by atoms with Crippen LogP contribution in [-0.2, 0) is 31.7 Å². The molecule has 2 fully saturated rings. The Labute approximate surface area is 409 Å². The van der Waals surface area contributed by atoms with Gasteiger partial charge in [0, 0.05) is 68.9 Å². The summed E-state index contributed by atoms with van der Waals surface area (Å²) in [4.78, 5) is 0. The van der Waals surface area contributed by atoms with Crippen molar-refractivity contribution in [2.45, 2.75) is 207 Å². The van der Waals surface area contributed by atoms with Crippen LogP contribution in [-0.4, -0.2) is 60.0 Å². The van der Waals surface area contributed by atoms with Crippen LogP contribution in [0.1, 0.15) is 172 Å². The number of methoxy groups -OCH3 is 2. The summed E-state index contributed by atoms with van der Waals surface area (Å²) in [6, 6.07) is 22.8. The first-order valence-electron chi connectivity index (χ1n) is 26.5. The van der Waals surface area contributed by atoms with Crippen LogP contribution >= 0.6 is 0 Å². The van der Waals surface area contributed by atoms with Crippen molar-refractivity contribution in [3.63, 3.8) is 0 Å². The van der Waals surface area contributed by atoms with Gasteiger partial charge in [0.1, 0.15) is 11.5 Å². The highest BCUT2D eigenvalue weighted by Crippen LogP contribution is 2.46. The van der Waals surface area contributed by atoms with Gasteiger partial charge in [0.15, 0.2) is 0 Å². The van der Waals surface area contributed by atoms with Gasteiger partial charge in [-0.2, -0.15) is 0 Å². The summed E-state index contributed by atoms with van der Waals surface area (Å²) < 4.78 is 44.3. The van der Waals surface area contributed by atoms with E-state index in [0.717, 1.165) is 59.5 Å². The van der Waals surface area contributed by atoms with Gasteiger partial charge in [0.25, 0.3) is 0 Å². The molecule has 2 aliphatic heterocycles. The molecule has 8 rings (SSSR count). The Morgan fingerprint density at radius 2 is 0.706 bits per heavy atom. The number of hydrogen-bond donors (Lipinski definition) is 0. The minimum atomic E-state index is -0.457. The summed E-state index contributed by atoms with van der Waals surface area (Å²) in [5.74, 6) is 1.64. The Balaban J connectivity index is 1.23. The topological polar surface area (TPSA) is 65.2 Å². The van der Waals surface area contributed by atoms with E-state index in [2.05, 4.69) is 139 Å². The highest BCUT2D eigenvalue weighted by atomic mass is 16.7. The highest BCUT2D eigenvalue weighted by Gasteiger charge is 2.53. The maximum absolute atomic E-state index is 6.61. The predicted molar refractivity (Wildman–Crippen MR) is 288 cm³/mol. The summed E-state index contributed by atoms with van der Waals surface area (Å²) in [7, 11) is 2.68. The van der Waals surface area contributed by atoms with Gasteiger partial charge in [0.05, 0.1) is 47.7 Å². The molecular weight excluding hydrogens is 842 g/mol. The molecule has 0 radical (unpaired) electrons. The monoisotopic (exact) mass is 925 g/mol. The Morgan fingerprint density at radius 1 is 0.397 bits per heavy atom. The molecule has 4 heterocycles. The normalized spacial score (nSPS) is 17.5. The average Bonchev–Trinajstić information content (AvgIpc) is 3.94. The predicted octanol–water partition coefficient (Wildman–Crippen LogP) is 14.5. The third kappa shape index (κ3) is 10.0. The van der Waals surface area contributed by atoms with E-state index in [1.807, 2.05) is 0 Å². The van der Waals surface area contributed by atoms with Crippen LogP contribution in [0.4, 0.5) is 0 Å². The van der Waals surface area contributed by atoms with Crippen molar-refractivity contribution in [2.75, 3.05) is 14.2 Å². The number of rotatable bonds is 23. The van der Waals surface area contributed by atoms with Crippen molar-refractivity contribution in [1.29, 1.82) is 0 Å². The third-order valence-electron chi connectivity index (χ3n) is 16.2. The molecule has 366 valence electrons. The fourth-order valence-corrected chi connectivity index (χ4v) is 10.6. The fraction of sp³-hybridized carbons (Fsp3) is 0.586. The van der Waals surface area contributed by atoms with E-state index in [1.54, 1.807) is 14.2 Å². The van der Waals surface area contributed by atoms with Crippen LogP contribution in [0.25, 0.3) is 54.7 Å². The number of unbranched alkanes of at least 4 members (excludes halogenated alkanes) is 14. The van der Waals surface area contributed by atoms with Crippen molar-refractivity contribution >= 4 is 68.8 Å². The number of hydrogen-bond acceptors (Lipinski definition) is 6. The Kier molecular flexibility index (Phi) is 15.4. The van der Waals surface area contributed by atoms with Crippen LogP contribution in [0.2, 0.25) is 0 Å². The molecule has 0 N–H and O–H groups in total. The number of nitrogens with zero attached hydrogens (tertiary/aromatic N) is 2. The lowest BCUT2D eigenvalue weighted by molar-refractivity contribution is 0.00578. The molecular formula is C58H82B2N2O6. The van der Waals surface area contributed by atoms with Gasteiger partial charge in [-0.1, -0.05) is 128 Å². The van der Waals surface area contributed by atoms with E-state index in [0.29, 0.717) is 0 Å². The lowest BCUT2D eigenvalue weighted by Crippen LogP contribution is -2.41. The second-order valence-corrected chi connectivity index (χ2v) is 22.1. The Morgan fingerprint density at radius 3 is 1.03 bits per heavy atom. The maximum atomic E-state index is 6.61. The number of aryl methyl sites for hydroxylation is 2. The highest BCUT2D eigenvalue weighted by molar-refractivity contribution is 6.63. The molecule has 10 heteroatoms. The van der Waals surface area contributed by atoms with Crippen LogP contribution in [0.3, 0.4) is 0 Å². The standard InChI is InChI=1S/C58H82B2N2O6/c1-13-15-17-19-21-23-25-27-33-61-49-31-29-41(59-65-55(3,4)56(5,6)66-59)35-43(49)45-37-47(53(63-11)39-51(45)61)48-38-46-44-36-42(60-67-57(7,8)58(9,10)68-60)30-32-50(44)62(52(46)40-54(48)64-12)34-28-26-24-22-20-18-16-14-2/h29-32,35-40H,13-28,33-34H2,1-12H3. The molecule has 2 saturated heterocycles. The molecule has 2 aromatic heterocycles. The minimum absolute atomic E-state index is 0.436. The summed E-state index contributed by atoms with van der Waals surface area (Å²) in [6.45, 7) is 23.4.